The molecule has 0 atom stereocenters. The monoisotopic (exact) mass is 544 g/mol. The summed E-state index contributed by atoms with van der Waals surface area (Å²) in [6, 6.07) is 5.69. The Morgan fingerprint density at radius 2 is 1.97 bits per heavy atom. The number of alkyl carbamates (subject to hydrolysis) is 1. The van der Waals surface area contributed by atoms with Crippen molar-refractivity contribution in [2.24, 2.45) is 16.1 Å². The van der Waals surface area contributed by atoms with Gasteiger partial charge in [0.15, 0.2) is 0 Å². The third-order valence-electron chi connectivity index (χ3n) is 5.36. The molecule has 0 bridgehead atoms. The van der Waals surface area contributed by atoms with E-state index in [1.807, 2.05) is 49.8 Å². The van der Waals surface area contributed by atoms with Gasteiger partial charge in [0.05, 0.1) is 37.2 Å². The lowest BCUT2D eigenvalue weighted by Gasteiger charge is -2.26. The van der Waals surface area contributed by atoms with Crippen LogP contribution < -0.4 is 11.1 Å². The number of benzene rings is 1. The van der Waals surface area contributed by atoms with Crippen LogP contribution in [-0.2, 0) is 16.0 Å². The van der Waals surface area contributed by atoms with Gasteiger partial charge in [-0.25, -0.2) is 9.79 Å². The Morgan fingerprint density at radius 1 is 1.26 bits per heavy atom. The molecule has 1 amide bonds. The summed E-state index contributed by atoms with van der Waals surface area (Å²) in [5, 5.41) is 8.10. The molecule has 0 spiro atoms. The number of nitrogens with zero attached hydrogens (tertiary/aromatic N) is 4. The molecule has 1 aromatic carbocycles. The third-order valence-corrected chi connectivity index (χ3v) is 5.69. The van der Waals surface area contributed by atoms with Crippen LogP contribution in [0.1, 0.15) is 20.8 Å². The Bertz CT molecular complexity index is 1080. The molecule has 9 nitrogen and oxygen atoms in total. The van der Waals surface area contributed by atoms with Crippen LogP contribution in [-0.4, -0.2) is 69.9 Å². The lowest BCUT2D eigenvalue weighted by molar-refractivity contribution is 0.0361. The Kier molecular flexibility index (Phi) is 9.28. The number of hydrogen-bond acceptors (Lipinski definition) is 7. The SMILES string of the molecule is CC(C)(C)/C(N)=C/C(=Nc1ccc2cnn(CCN3CCOCC3)c2c1)NC(=O)OCC(Cl)(Cl)Cl. The van der Waals surface area contributed by atoms with Gasteiger partial charge in [-0.3, -0.25) is 14.9 Å². The first-order valence-electron chi connectivity index (χ1n) is 11.2. The van der Waals surface area contributed by atoms with Crippen molar-refractivity contribution in [2.45, 2.75) is 31.1 Å². The van der Waals surface area contributed by atoms with Gasteiger partial charge in [0.25, 0.3) is 0 Å². The van der Waals surface area contributed by atoms with Gasteiger partial charge in [-0.1, -0.05) is 55.6 Å². The van der Waals surface area contributed by atoms with Gasteiger partial charge in [0, 0.05) is 42.2 Å². The first-order valence-corrected chi connectivity index (χ1v) is 12.4. The topological polar surface area (TPSA) is 107 Å². The minimum atomic E-state index is -1.72. The number of halogens is 3. The summed E-state index contributed by atoms with van der Waals surface area (Å²) in [7, 11) is 0. The highest BCUT2D eigenvalue weighted by Gasteiger charge is 2.23. The van der Waals surface area contributed by atoms with Crippen molar-refractivity contribution in [3.05, 3.63) is 36.2 Å². The average Bonchev–Trinajstić information content (AvgIpc) is 3.18. The summed E-state index contributed by atoms with van der Waals surface area (Å²) in [6.45, 7) is 10.4. The molecule has 192 valence electrons. The van der Waals surface area contributed by atoms with E-state index in [9.17, 15) is 4.79 Å². The van der Waals surface area contributed by atoms with E-state index >= 15 is 0 Å². The van der Waals surface area contributed by atoms with Crippen LogP contribution in [0.2, 0.25) is 0 Å². The van der Waals surface area contributed by atoms with E-state index in [4.69, 9.17) is 50.0 Å². The van der Waals surface area contributed by atoms with Crippen molar-refractivity contribution in [1.29, 1.82) is 0 Å². The van der Waals surface area contributed by atoms with E-state index in [1.54, 1.807) is 6.08 Å². The summed E-state index contributed by atoms with van der Waals surface area (Å²) in [5.74, 6) is 0.200. The standard InChI is InChI=1S/C23H31Cl3N6O3/c1-22(2,3)19(27)13-20(30-21(33)35-15-23(24,25)26)29-17-5-4-16-14-28-32(18(16)12-17)7-6-31-8-10-34-11-9-31/h4-5,12-14H,6-11,15,27H2,1-3H3,(H,29,30,33)/b19-13-. The van der Waals surface area contributed by atoms with Gasteiger partial charge in [0.2, 0.25) is 3.79 Å². The number of rotatable bonds is 6. The maximum absolute atomic E-state index is 12.3. The quantitative estimate of drug-likeness (QED) is 0.317. The fourth-order valence-electron chi connectivity index (χ4n) is 3.25. The van der Waals surface area contributed by atoms with Gasteiger partial charge >= 0.3 is 6.09 Å². The number of allylic oxidation sites excluding steroid dienone is 1. The lowest BCUT2D eigenvalue weighted by Crippen LogP contribution is -2.38. The van der Waals surface area contributed by atoms with E-state index in [-0.39, 0.29) is 11.3 Å². The highest BCUT2D eigenvalue weighted by atomic mass is 35.6. The van der Waals surface area contributed by atoms with Gasteiger partial charge in [-0.15, -0.1) is 0 Å². The molecule has 1 aliphatic heterocycles. The molecule has 2 aromatic rings. The highest BCUT2D eigenvalue weighted by molar-refractivity contribution is 6.67. The molecule has 0 saturated carbocycles. The van der Waals surface area contributed by atoms with Crippen molar-refractivity contribution < 1.29 is 14.3 Å². The van der Waals surface area contributed by atoms with Crippen LogP contribution >= 0.6 is 34.8 Å². The zero-order valence-electron chi connectivity index (χ0n) is 20.1. The van der Waals surface area contributed by atoms with Crippen LogP contribution in [0.4, 0.5) is 10.5 Å². The number of nitrogens with one attached hydrogen (secondary N) is 1. The number of ether oxygens (including phenoxy) is 2. The number of carbonyl (C=O) groups excluding carboxylic acids is 1. The van der Waals surface area contributed by atoms with Crippen LogP contribution in [0.25, 0.3) is 10.9 Å². The zero-order valence-corrected chi connectivity index (χ0v) is 22.3. The third kappa shape index (κ3) is 8.84. The summed E-state index contributed by atoms with van der Waals surface area (Å²) < 4.78 is 10.6. The molecule has 0 unspecified atom stereocenters. The molecule has 12 heteroatoms. The second-order valence-corrected chi connectivity index (χ2v) is 11.7. The maximum Gasteiger partial charge on any atom is 0.412 e. The fourth-order valence-corrected chi connectivity index (χ4v) is 3.42. The van der Waals surface area contributed by atoms with Crippen LogP contribution in [0.15, 0.2) is 41.2 Å². The Morgan fingerprint density at radius 3 is 2.63 bits per heavy atom. The minimum Gasteiger partial charge on any atom is -0.445 e. The predicted molar refractivity (Wildman–Crippen MR) is 141 cm³/mol. The number of amidine groups is 1. The normalized spacial score (nSPS) is 16.5. The van der Waals surface area contributed by atoms with E-state index < -0.39 is 16.5 Å². The fraction of sp³-hybridized carbons (Fsp3) is 0.522. The number of morpholine rings is 1. The number of alkyl halides is 3. The smallest absolute Gasteiger partial charge is 0.412 e. The van der Waals surface area contributed by atoms with Crippen LogP contribution in [0, 0.1) is 5.41 Å². The van der Waals surface area contributed by atoms with E-state index in [1.165, 1.54) is 0 Å². The average molecular weight is 546 g/mol. The summed E-state index contributed by atoms with van der Waals surface area (Å²) in [6.07, 6.45) is 2.60. The van der Waals surface area contributed by atoms with Gasteiger partial charge in [0.1, 0.15) is 12.4 Å². The molecule has 2 heterocycles. The van der Waals surface area contributed by atoms with Crippen LogP contribution in [0.3, 0.4) is 0 Å². The summed E-state index contributed by atoms with van der Waals surface area (Å²) in [4.78, 5) is 19.2. The van der Waals surface area contributed by atoms with Gasteiger partial charge < -0.3 is 15.2 Å². The molecule has 0 radical (unpaired) electrons. The molecular weight excluding hydrogens is 515 g/mol. The van der Waals surface area contributed by atoms with Crippen LogP contribution in [0.5, 0.6) is 0 Å². The number of nitrogens with two attached hydrogens (primary N) is 1. The van der Waals surface area contributed by atoms with Gasteiger partial charge in [-0.05, 0) is 18.2 Å². The number of aromatic nitrogens is 2. The van der Waals surface area contributed by atoms with E-state index in [0.717, 1.165) is 50.3 Å². The largest absolute Gasteiger partial charge is 0.445 e. The second kappa shape index (κ2) is 11.8. The summed E-state index contributed by atoms with van der Waals surface area (Å²) >= 11 is 17.0. The Hall–Kier alpha value is -2.04. The molecule has 1 aliphatic rings. The predicted octanol–water partition coefficient (Wildman–Crippen LogP) is 4.38. The van der Waals surface area contributed by atoms with Gasteiger partial charge in [-0.2, -0.15) is 5.10 Å². The van der Waals surface area contributed by atoms with E-state index in [2.05, 4.69) is 20.3 Å². The number of hydrogen-bond donors (Lipinski definition) is 2. The Labute approximate surface area is 220 Å². The first-order chi connectivity index (χ1) is 16.4. The number of amides is 1. The first kappa shape index (κ1) is 27.5. The van der Waals surface area contributed by atoms with Crippen molar-refractivity contribution in [3.63, 3.8) is 0 Å². The van der Waals surface area contributed by atoms with Crippen molar-refractivity contribution in [2.75, 3.05) is 39.5 Å². The zero-order chi connectivity index (χ0) is 25.6. The Balaban J connectivity index is 1.83. The lowest BCUT2D eigenvalue weighted by atomic mass is 9.92. The minimum absolute atomic E-state index is 0.200. The molecule has 1 aromatic heterocycles. The highest BCUT2D eigenvalue weighted by Crippen LogP contribution is 2.26. The number of fused-ring (bicyclic) bond motifs is 1. The molecule has 1 fully saturated rings. The maximum atomic E-state index is 12.3. The molecule has 3 rings (SSSR count). The number of carbonyl (C=O) groups is 1. The molecule has 0 aliphatic carbocycles. The van der Waals surface area contributed by atoms with Crippen molar-refractivity contribution in [1.82, 2.24) is 20.0 Å². The van der Waals surface area contributed by atoms with Crippen molar-refractivity contribution in [3.8, 4) is 0 Å². The molecular formula is C23H31Cl3N6O3. The number of aliphatic imine (C=N–C) groups is 1. The molecule has 3 N–H and O–H groups in total. The van der Waals surface area contributed by atoms with Crippen molar-refractivity contribution >= 4 is 63.3 Å². The molecule has 35 heavy (non-hydrogen) atoms. The summed E-state index contributed by atoms with van der Waals surface area (Å²) in [5.41, 5.74) is 7.96. The second-order valence-electron chi connectivity index (χ2n) is 9.23. The molecule has 1 saturated heterocycles. The van der Waals surface area contributed by atoms with E-state index in [0.29, 0.717) is 11.4 Å².